The predicted molar refractivity (Wildman–Crippen MR) is 57.9 cm³/mol. The number of esters is 1. The van der Waals surface area contributed by atoms with Crippen molar-refractivity contribution < 1.29 is 14.3 Å². The van der Waals surface area contributed by atoms with Gasteiger partial charge in [-0.05, 0) is 19.1 Å². The highest BCUT2D eigenvalue weighted by molar-refractivity contribution is 6.21. The van der Waals surface area contributed by atoms with Gasteiger partial charge in [-0.2, -0.15) is 0 Å². The highest BCUT2D eigenvalue weighted by Crippen LogP contribution is 2.16. The number of alkyl halides is 1. The van der Waals surface area contributed by atoms with Crippen LogP contribution in [0.5, 0.6) is 5.75 Å². The number of methoxy groups -OCH3 is 1. The number of para-hydroxylation sites is 1. The summed E-state index contributed by atoms with van der Waals surface area (Å²) in [7, 11) is 1.45. The summed E-state index contributed by atoms with van der Waals surface area (Å²) in [6.45, 7) is 1.66. The molecule has 4 heteroatoms. The first-order valence-corrected chi connectivity index (χ1v) is 5.02. The molecular weight excluding hydrogens is 216 g/mol. The molecule has 1 aromatic rings. The maximum Gasteiger partial charge on any atom is 0.317 e. The first-order chi connectivity index (χ1) is 7.15. The van der Waals surface area contributed by atoms with Crippen LogP contribution in [0.2, 0.25) is 0 Å². The fraction of sp³-hybridized carbons (Fsp3) is 0.364. The second-order valence-corrected chi connectivity index (χ2v) is 3.54. The summed E-state index contributed by atoms with van der Waals surface area (Å²) in [5.74, 6) is -0.394. The van der Waals surface area contributed by atoms with Crippen LogP contribution in [0.3, 0.4) is 0 Å². The van der Waals surface area contributed by atoms with E-state index >= 15 is 0 Å². The van der Waals surface area contributed by atoms with Gasteiger partial charge in [-0.25, -0.2) is 0 Å². The molecule has 15 heavy (non-hydrogen) atoms. The molecule has 0 aliphatic carbocycles. The number of carbonyl (C=O) groups excluding carboxylic acids is 1. The summed E-state index contributed by atoms with van der Waals surface area (Å²) in [4.78, 5) is 11.5. The quantitative estimate of drug-likeness (QED) is 0.451. The zero-order valence-corrected chi connectivity index (χ0v) is 9.40. The number of benzene rings is 1. The number of rotatable bonds is 4. The van der Waals surface area contributed by atoms with Crippen LogP contribution in [0.1, 0.15) is 6.92 Å². The number of ether oxygens (including phenoxy) is 2. The molecule has 1 rings (SSSR count). The molecule has 0 saturated carbocycles. The highest BCUT2D eigenvalue weighted by Gasteiger charge is 2.23. The van der Waals surface area contributed by atoms with Crippen molar-refractivity contribution >= 4 is 17.6 Å². The molecule has 0 aliphatic rings. The van der Waals surface area contributed by atoms with E-state index in [1.807, 2.05) is 6.07 Å². The van der Waals surface area contributed by atoms with Crippen molar-refractivity contribution in [2.75, 3.05) is 7.11 Å². The molecule has 0 bridgehead atoms. The summed E-state index contributed by atoms with van der Waals surface area (Å²) in [5.41, 5.74) is -0.666. The summed E-state index contributed by atoms with van der Waals surface area (Å²) in [5, 5.41) is 0. The van der Waals surface area contributed by atoms with Crippen molar-refractivity contribution in [3.63, 3.8) is 0 Å². The van der Waals surface area contributed by atoms with Crippen molar-refractivity contribution in [2.24, 2.45) is 5.92 Å². The molecule has 1 aromatic carbocycles. The van der Waals surface area contributed by atoms with E-state index in [1.54, 1.807) is 31.2 Å². The topological polar surface area (TPSA) is 35.5 Å². The van der Waals surface area contributed by atoms with Crippen LogP contribution in [0, 0.1) is 5.92 Å². The van der Waals surface area contributed by atoms with Crippen LogP contribution in [-0.4, -0.2) is 18.6 Å². The lowest BCUT2D eigenvalue weighted by Crippen LogP contribution is -2.26. The molecule has 82 valence electrons. The van der Waals surface area contributed by atoms with Crippen molar-refractivity contribution in [3.8, 4) is 5.75 Å². The largest absolute Gasteiger partial charge is 0.426 e. The lowest BCUT2D eigenvalue weighted by atomic mass is 10.2. The minimum Gasteiger partial charge on any atom is -0.426 e. The Morgan fingerprint density at radius 1 is 1.33 bits per heavy atom. The fourth-order valence-electron chi connectivity index (χ4n) is 1.01. The van der Waals surface area contributed by atoms with E-state index in [0.29, 0.717) is 5.75 Å². The van der Waals surface area contributed by atoms with Gasteiger partial charge in [0.15, 0.2) is 0 Å². The maximum atomic E-state index is 11.5. The van der Waals surface area contributed by atoms with Gasteiger partial charge >= 0.3 is 5.97 Å². The molecule has 0 saturated heterocycles. The minimum atomic E-state index is -0.666. The van der Waals surface area contributed by atoms with Crippen LogP contribution in [-0.2, 0) is 9.53 Å². The highest BCUT2D eigenvalue weighted by atomic mass is 35.5. The van der Waals surface area contributed by atoms with Crippen molar-refractivity contribution in [3.05, 3.63) is 30.3 Å². The first kappa shape index (κ1) is 12.0. The monoisotopic (exact) mass is 228 g/mol. The third-order valence-electron chi connectivity index (χ3n) is 1.95. The second kappa shape index (κ2) is 5.73. The molecule has 2 unspecified atom stereocenters. The van der Waals surface area contributed by atoms with Gasteiger partial charge in [0, 0.05) is 7.11 Å². The van der Waals surface area contributed by atoms with Gasteiger partial charge in [0.2, 0.25) is 0 Å². The van der Waals surface area contributed by atoms with Crippen LogP contribution in [0.25, 0.3) is 0 Å². The Labute approximate surface area is 93.9 Å². The SMILES string of the molecule is COC(Cl)C(C)C(=O)Oc1ccccc1. The van der Waals surface area contributed by atoms with Crippen molar-refractivity contribution in [1.82, 2.24) is 0 Å². The molecule has 0 N–H and O–H groups in total. The van der Waals surface area contributed by atoms with E-state index in [-0.39, 0.29) is 0 Å². The van der Waals surface area contributed by atoms with E-state index in [2.05, 4.69) is 0 Å². The Balaban J connectivity index is 2.56. The van der Waals surface area contributed by atoms with Gasteiger partial charge in [-0.15, -0.1) is 0 Å². The molecule has 0 fully saturated rings. The Kier molecular flexibility index (Phi) is 4.59. The third-order valence-corrected chi connectivity index (χ3v) is 2.51. The molecule has 0 heterocycles. The average Bonchev–Trinajstić information content (AvgIpc) is 2.28. The molecule has 0 aromatic heterocycles. The molecule has 0 aliphatic heterocycles. The van der Waals surface area contributed by atoms with Gasteiger partial charge in [0.05, 0.1) is 5.92 Å². The lowest BCUT2D eigenvalue weighted by Gasteiger charge is -2.14. The molecule has 0 spiro atoms. The summed E-state index contributed by atoms with van der Waals surface area (Å²) < 4.78 is 9.93. The van der Waals surface area contributed by atoms with E-state index < -0.39 is 17.5 Å². The lowest BCUT2D eigenvalue weighted by molar-refractivity contribution is -0.140. The summed E-state index contributed by atoms with van der Waals surface area (Å²) in [6.07, 6.45) is 0. The number of hydrogen-bond acceptors (Lipinski definition) is 3. The van der Waals surface area contributed by atoms with Crippen LogP contribution < -0.4 is 4.74 Å². The number of hydrogen-bond donors (Lipinski definition) is 0. The molecule has 0 radical (unpaired) electrons. The Morgan fingerprint density at radius 3 is 2.47 bits per heavy atom. The summed E-state index contributed by atoms with van der Waals surface area (Å²) in [6, 6.07) is 8.85. The average molecular weight is 229 g/mol. The van der Waals surface area contributed by atoms with E-state index in [4.69, 9.17) is 21.1 Å². The smallest absolute Gasteiger partial charge is 0.317 e. The van der Waals surface area contributed by atoms with Crippen molar-refractivity contribution in [2.45, 2.75) is 12.5 Å². The Morgan fingerprint density at radius 2 is 1.93 bits per heavy atom. The molecular formula is C11H13ClO3. The zero-order valence-electron chi connectivity index (χ0n) is 8.64. The minimum absolute atomic E-state index is 0.400. The van der Waals surface area contributed by atoms with Crippen LogP contribution in [0.4, 0.5) is 0 Å². The van der Waals surface area contributed by atoms with Crippen LogP contribution >= 0.6 is 11.6 Å². The normalized spacial score (nSPS) is 14.3. The van der Waals surface area contributed by atoms with Gasteiger partial charge in [-0.1, -0.05) is 29.8 Å². The standard InChI is InChI=1S/C11H13ClO3/c1-8(10(12)14-2)11(13)15-9-6-4-3-5-7-9/h3-8,10H,1-2H3. The predicted octanol–water partition coefficient (Wildman–Crippen LogP) is 2.44. The molecule has 2 atom stereocenters. The van der Waals surface area contributed by atoms with E-state index in [9.17, 15) is 4.79 Å². The Hall–Kier alpha value is -1.06. The van der Waals surface area contributed by atoms with Crippen molar-refractivity contribution in [1.29, 1.82) is 0 Å². The molecule has 0 amide bonds. The third kappa shape index (κ3) is 3.53. The van der Waals surface area contributed by atoms with Gasteiger partial charge < -0.3 is 9.47 Å². The zero-order chi connectivity index (χ0) is 11.3. The molecule has 3 nitrogen and oxygen atoms in total. The van der Waals surface area contributed by atoms with Crippen LogP contribution in [0.15, 0.2) is 30.3 Å². The number of halogens is 1. The maximum absolute atomic E-state index is 11.5. The van der Waals surface area contributed by atoms with Gasteiger partial charge in [0.25, 0.3) is 0 Å². The van der Waals surface area contributed by atoms with E-state index in [1.165, 1.54) is 7.11 Å². The fourth-order valence-corrected chi connectivity index (χ4v) is 1.11. The number of carbonyl (C=O) groups is 1. The first-order valence-electron chi connectivity index (χ1n) is 4.58. The summed E-state index contributed by atoms with van der Waals surface area (Å²) >= 11 is 5.75. The Bertz CT molecular complexity index is 313. The van der Waals surface area contributed by atoms with Gasteiger partial charge in [0.1, 0.15) is 11.3 Å². The second-order valence-electron chi connectivity index (χ2n) is 3.11. The van der Waals surface area contributed by atoms with Gasteiger partial charge in [-0.3, -0.25) is 4.79 Å². The van der Waals surface area contributed by atoms with E-state index in [0.717, 1.165) is 0 Å².